The van der Waals surface area contributed by atoms with E-state index in [1.165, 1.54) is 4.90 Å². The van der Waals surface area contributed by atoms with Crippen LogP contribution in [-0.2, 0) is 14.3 Å². The minimum atomic E-state index is -0.353. The average Bonchev–Trinajstić information content (AvgIpc) is 2.00. The van der Waals surface area contributed by atoms with E-state index in [1.807, 2.05) is 0 Å². The van der Waals surface area contributed by atoms with E-state index in [0.29, 0.717) is 12.8 Å². The summed E-state index contributed by atoms with van der Waals surface area (Å²) in [7, 11) is 0. The molecule has 1 saturated carbocycles. The molecule has 1 aliphatic carbocycles. The van der Waals surface area contributed by atoms with Crippen molar-refractivity contribution >= 4 is 11.8 Å². The second-order valence-electron chi connectivity index (χ2n) is 3.43. The number of carbonyl (C=O) groups is 2. The Kier molecular flexibility index (Phi) is 2.05. The molecule has 1 aliphatic heterocycles. The molecule has 0 spiro atoms. The molecule has 5 heteroatoms. The van der Waals surface area contributed by atoms with Crippen LogP contribution in [0.1, 0.15) is 12.8 Å². The number of hydrogen-bond donors (Lipinski definition) is 1. The van der Waals surface area contributed by atoms with Crippen LogP contribution in [-0.4, -0.2) is 47.2 Å². The van der Waals surface area contributed by atoms with Crippen molar-refractivity contribution < 1.29 is 19.4 Å². The number of nitrogens with zero attached hydrogens (tertiary/aromatic N) is 1. The molecule has 2 rings (SSSR count). The molecule has 0 aromatic heterocycles. The van der Waals surface area contributed by atoms with E-state index >= 15 is 0 Å². The third kappa shape index (κ3) is 1.45. The van der Waals surface area contributed by atoms with Gasteiger partial charge in [0, 0.05) is 6.04 Å². The Morgan fingerprint density at radius 1 is 1.23 bits per heavy atom. The average molecular weight is 185 g/mol. The number of carbonyl (C=O) groups excluding carboxylic acids is 2. The quantitative estimate of drug-likeness (QED) is 0.526. The normalized spacial score (nSPS) is 34.7. The van der Waals surface area contributed by atoms with Crippen molar-refractivity contribution in [3.63, 3.8) is 0 Å². The van der Waals surface area contributed by atoms with E-state index in [0.717, 1.165) is 0 Å². The van der Waals surface area contributed by atoms with Crippen LogP contribution in [0, 0.1) is 0 Å². The summed E-state index contributed by atoms with van der Waals surface area (Å²) in [5, 5.41) is 9.04. The maximum absolute atomic E-state index is 11.2. The molecule has 0 unspecified atom stereocenters. The number of imide groups is 1. The SMILES string of the molecule is O=C1COCC(=O)N1C1CC(O)C1. The summed E-state index contributed by atoms with van der Waals surface area (Å²) in [6, 6.07) is -0.0982. The molecule has 72 valence electrons. The van der Waals surface area contributed by atoms with Crippen molar-refractivity contribution in [3.8, 4) is 0 Å². The van der Waals surface area contributed by atoms with Crippen LogP contribution in [0.25, 0.3) is 0 Å². The Morgan fingerprint density at radius 3 is 2.23 bits per heavy atom. The zero-order valence-corrected chi connectivity index (χ0v) is 7.10. The van der Waals surface area contributed by atoms with Gasteiger partial charge in [-0.2, -0.15) is 0 Å². The van der Waals surface area contributed by atoms with E-state index in [-0.39, 0.29) is 37.2 Å². The maximum Gasteiger partial charge on any atom is 0.255 e. The highest BCUT2D eigenvalue weighted by Crippen LogP contribution is 2.26. The van der Waals surface area contributed by atoms with E-state index < -0.39 is 0 Å². The largest absolute Gasteiger partial charge is 0.393 e. The second-order valence-corrected chi connectivity index (χ2v) is 3.43. The fourth-order valence-corrected chi connectivity index (χ4v) is 1.68. The first-order valence-corrected chi connectivity index (χ1v) is 4.29. The van der Waals surface area contributed by atoms with Gasteiger partial charge >= 0.3 is 0 Å². The Balaban J connectivity index is 2.02. The van der Waals surface area contributed by atoms with Crippen LogP contribution >= 0.6 is 0 Å². The fourth-order valence-electron chi connectivity index (χ4n) is 1.68. The molecule has 1 heterocycles. The number of ether oxygens (including phenoxy) is 1. The highest BCUT2D eigenvalue weighted by Gasteiger charge is 2.40. The first-order valence-electron chi connectivity index (χ1n) is 4.29. The van der Waals surface area contributed by atoms with Gasteiger partial charge in [0.05, 0.1) is 6.10 Å². The summed E-state index contributed by atoms with van der Waals surface area (Å²) in [5.41, 5.74) is 0. The van der Waals surface area contributed by atoms with Crippen molar-refractivity contribution in [2.75, 3.05) is 13.2 Å². The first kappa shape index (κ1) is 8.65. The molecule has 1 saturated heterocycles. The maximum atomic E-state index is 11.2. The number of amides is 2. The van der Waals surface area contributed by atoms with Gasteiger partial charge < -0.3 is 9.84 Å². The van der Waals surface area contributed by atoms with Gasteiger partial charge in [0.2, 0.25) is 0 Å². The predicted molar refractivity (Wildman–Crippen MR) is 41.7 cm³/mol. The highest BCUT2D eigenvalue weighted by molar-refractivity contribution is 5.98. The summed E-state index contributed by atoms with van der Waals surface area (Å²) >= 11 is 0. The van der Waals surface area contributed by atoms with Crippen molar-refractivity contribution in [3.05, 3.63) is 0 Å². The molecule has 5 nitrogen and oxygen atoms in total. The zero-order valence-electron chi connectivity index (χ0n) is 7.10. The minimum Gasteiger partial charge on any atom is -0.393 e. The van der Waals surface area contributed by atoms with Gasteiger partial charge in [0.25, 0.3) is 11.8 Å². The van der Waals surface area contributed by atoms with Crippen LogP contribution in [0.4, 0.5) is 0 Å². The van der Waals surface area contributed by atoms with E-state index in [2.05, 4.69) is 0 Å². The van der Waals surface area contributed by atoms with Crippen molar-refractivity contribution in [2.24, 2.45) is 0 Å². The van der Waals surface area contributed by atoms with Gasteiger partial charge in [-0.05, 0) is 12.8 Å². The lowest BCUT2D eigenvalue weighted by Gasteiger charge is -2.40. The molecule has 1 N–H and O–H groups in total. The Morgan fingerprint density at radius 2 is 1.77 bits per heavy atom. The Bertz CT molecular complexity index is 231. The third-order valence-corrected chi connectivity index (χ3v) is 2.44. The number of aliphatic hydroxyl groups excluding tert-OH is 1. The fraction of sp³-hybridized carbons (Fsp3) is 0.750. The monoisotopic (exact) mass is 185 g/mol. The molecule has 0 aromatic carbocycles. The van der Waals surface area contributed by atoms with Gasteiger partial charge in [0.15, 0.2) is 0 Å². The molecular formula is C8H11NO4. The second kappa shape index (κ2) is 3.08. The molecule has 0 atom stereocenters. The van der Waals surface area contributed by atoms with E-state index in [9.17, 15) is 9.59 Å². The highest BCUT2D eigenvalue weighted by atomic mass is 16.5. The number of morpholine rings is 1. The molecule has 0 radical (unpaired) electrons. The van der Waals surface area contributed by atoms with Gasteiger partial charge in [-0.3, -0.25) is 14.5 Å². The predicted octanol–water partition coefficient (Wildman–Crippen LogP) is -1.10. The van der Waals surface area contributed by atoms with Gasteiger partial charge in [-0.25, -0.2) is 0 Å². The van der Waals surface area contributed by atoms with Crippen LogP contribution in [0.15, 0.2) is 0 Å². The lowest BCUT2D eigenvalue weighted by Crippen LogP contribution is -2.56. The van der Waals surface area contributed by atoms with Gasteiger partial charge in [0.1, 0.15) is 13.2 Å². The van der Waals surface area contributed by atoms with Crippen LogP contribution < -0.4 is 0 Å². The van der Waals surface area contributed by atoms with Crippen LogP contribution in [0.3, 0.4) is 0 Å². The summed E-state index contributed by atoms with van der Waals surface area (Å²) in [4.78, 5) is 23.7. The summed E-state index contributed by atoms with van der Waals surface area (Å²) in [6.07, 6.45) is 0.669. The summed E-state index contributed by atoms with van der Waals surface area (Å²) < 4.78 is 4.77. The number of hydrogen-bond acceptors (Lipinski definition) is 4. The van der Waals surface area contributed by atoms with E-state index in [4.69, 9.17) is 9.84 Å². The Hall–Kier alpha value is -0.940. The Labute approximate surface area is 75.3 Å². The first-order chi connectivity index (χ1) is 6.18. The van der Waals surface area contributed by atoms with Crippen molar-refractivity contribution in [1.29, 1.82) is 0 Å². The summed E-state index contributed by atoms with van der Waals surface area (Å²) in [6.45, 7) is -0.0311. The van der Waals surface area contributed by atoms with Gasteiger partial charge in [-0.1, -0.05) is 0 Å². The van der Waals surface area contributed by atoms with Crippen LogP contribution in [0.2, 0.25) is 0 Å². The standard InChI is InChI=1S/C8H11NO4/c10-6-1-5(2-6)9-7(11)3-13-4-8(9)12/h5-6,10H,1-4H2. The van der Waals surface area contributed by atoms with E-state index in [1.54, 1.807) is 0 Å². The molecule has 13 heavy (non-hydrogen) atoms. The molecule has 2 fully saturated rings. The lowest BCUT2D eigenvalue weighted by atomic mass is 9.88. The minimum absolute atomic E-state index is 0.0155. The number of rotatable bonds is 1. The van der Waals surface area contributed by atoms with Crippen LogP contribution in [0.5, 0.6) is 0 Å². The third-order valence-electron chi connectivity index (χ3n) is 2.44. The zero-order chi connectivity index (χ0) is 9.42. The molecule has 0 bridgehead atoms. The molecule has 0 aromatic rings. The summed E-state index contributed by atoms with van der Waals surface area (Å²) in [5.74, 6) is -0.568. The molecule has 2 amide bonds. The topological polar surface area (TPSA) is 66.8 Å². The molecular weight excluding hydrogens is 174 g/mol. The van der Waals surface area contributed by atoms with Gasteiger partial charge in [-0.15, -0.1) is 0 Å². The lowest BCUT2D eigenvalue weighted by molar-refractivity contribution is -0.166. The van der Waals surface area contributed by atoms with Crippen molar-refractivity contribution in [2.45, 2.75) is 25.0 Å². The van der Waals surface area contributed by atoms with Crippen molar-refractivity contribution in [1.82, 2.24) is 4.90 Å². The number of aliphatic hydroxyl groups is 1. The molecule has 2 aliphatic rings. The smallest absolute Gasteiger partial charge is 0.255 e.